The van der Waals surface area contributed by atoms with Gasteiger partial charge >= 0.3 is 0 Å². The minimum atomic E-state index is -0.143. The number of nitrogens with one attached hydrogen (secondary N) is 1. The van der Waals surface area contributed by atoms with Crippen LogP contribution < -0.4 is 15.8 Å². The Morgan fingerprint density at radius 1 is 1.43 bits per heavy atom. The third-order valence-electron chi connectivity index (χ3n) is 5.80. The largest absolute Gasteiger partial charge is 0.496 e. The van der Waals surface area contributed by atoms with Gasteiger partial charge in [-0.15, -0.1) is 0 Å². The normalized spacial score (nSPS) is 33.9. The zero-order valence-electron chi connectivity index (χ0n) is 13.2. The molecule has 5 atom stereocenters. The van der Waals surface area contributed by atoms with Crippen LogP contribution in [0.3, 0.4) is 0 Å². The van der Waals surface area contributed by atoms with Gasteiger partial charge in [0.05, 0.1) is 23.4 Å². The molecule has 3 heterocycles. The highest BCUT2D eigenvalue weighted by Crippen LogP contribution is 2.48. The van der Waals surface area contributed by atoms with Gasteiger partial charge in [0.15, 0.2) is 0 Å². The van der Waals surface area contributed by atoms with Gasteiger partial charge < -0.3 is 15.8 Å². The number of hydrogen-bond donors (Lipinski definition) is 2. The topological polar surface area (TPSA) is 67.6 Å². The van der Waals surface area contributed by atoms with Gasteiger partial charge in [0.2, 0.25) is 0 Å². The summed E-state index contributed by atoms with van der Waals surface area (Å²) in [5.74, 6) is 2.53. The van der Waals surface area contributed by atoms with Crippen molar-refractivity contribution in [3.63, 3.8) is 0 Å². The van der Waals surface area contributed by atoms with Crippen molar-refractivity contribution in [2.75, 3.05) is 32.5 Å². The molecule has 3 saturated heterocycles. The molecule has 5 rings (SSSR count). The molecule has 0 spiro atoms. The lowest BCUT2D eigenvalue weighted by atomic mass is 9.75. The summed E-state index contributed by atoms with van der Waals surface area (Å²) < 4.78 is 5.26. The molecular formula is C17H22ClN3O2. The van der Waals surface area contributed by atoms with Gasteiger partial charge in [-0.2, -0.15) is 0 Å². The van der Waals surface area contributed by atoms with E-state index in [0.29, 0.717) is 34.0 Å². The van der Waals surface area contributed by atoms with Crippen molar-refractivity contribution in [2.24, 2.45) is 17.8 Å². The second kappa shape index (κ2) is 5.56. The van der Waals surface area contributed by atoms with Gasteiger partial charge in [0.25, 0.3) is 5.91 Å². The van der Waals surface area contributed by atoms with Crippen molar-refractivity contribution in [2.45, 2.75) is 18.9 Å². The Morgan fingerprint density at radius 3 is 3.00 bits per heavy atom. The van der Waals surface area contributed by atoms with Crippen LogP contribution in [0, 0.1) is 17.8 Å². The van der Waals surface area contributed by atoms with E-state index in [-0.39, 0.29) is 5.91 Å². The van der Waals surface area contributed by atoms with Crippen molar-refractivity contribution < 1.29 is 9.53 Å². The van der Waals surface area contributed by atoms with Gasteiger partial charge in [-0.3, -0.25) is 9.69 Å². The Hall–Kier alpha value is -1.46. The first-order valence-corrected chi connectivity index (χ1v) is 8.60. The number of amides is 1. The maximum Gasteiger partial charge on any atom is 0.255 e. The van der Waals surface area contributed by atoms with Crippen LogP contribution in [0.15, 0.2) is 12.1 Å². The van der Waals surface area contributed by atoms with Gasteiger partial charge in [-0.1, -0.05) is 11.6 Å². The summed E-state index contributed by atoms with van der Waals surface area (Å²) in [6, 6.07) is 3.85. The summed E-state index contributed by atoms with van der Waals surface area (Å²) in [7, 11) is 1.53. The first-order chi connectivity index (χ1) is 11.1. The molecule has 1 aliphatic carbocycles. The molecule has 1 aromatic rings. The van der Waals surface area contributed by atoms with Crippen molar-refractivity contribution in [3.05, 3.63) is 22.7 Å². The Kier molecular flexibility index (Phi) is 3.65. The van der Waals surface area contributed by atoms with Gasteiger partial charge in [-0.05, 0) is 36.7 Å². The fraction of sp³-hybridized carbons (Fsp3) is 0.588. The summed E-state index contributed by atoms with van der Waals surface area (Å²) in [4.78, 5) is 15.2. The highest BCUT2D eigenvalue weighted by Gasteiger charge is 2.52. The summed E-state index contributed by atoms with van der Waals surface area (Å²) >= 11 is 6.05. The van der Waals surface area contributed by atoms with E-state index < -0.39 is 0 Å². The Balaban J connectivity index is 1.46. The SMILES string of the molecule is COc1cc(N)c(Cl)cc1C(=O)NCC1C2CC3CC1N(C3)C2. The number of ether oxygens (including phenoxy) is 1. The molecular weight excluding hydrogens is 314 g/mol. The fourth-order valence-corrected chi connectivity index (χ4v) is 4.97. The monoisotopic (exact) mass is 335 g/mol. The maximum absolute atomic E-state index is 12.6. The number of halogens is 1. The molecule has 3 aliphatic heterocycles. The number of piperidine rings is 1. The first kappa shape index (κ1) is 15.1. The Morgan fingerprint density at radius 2 is 2.26 bits per heavy atom. The van der Waals surface area contributed by atoms with Crippen LogP contribution in [0.25, 0.3) is 0 Å². The van der Waals surface area contributed by atoms with E-state index in [1.165, 1.54) is 33.0 Å². The zero-order chi connectivity index (χ0) is 16.1. The number of nitrogen functional groups attached to an aromatic ring is 1. The molecule has 23 heavy (non-hydrogen) atoms. The Labute approximate surface area is 141 Å². The molecule has 3 N–H and O–H groups in total. The van der Waals surface area contributed by atoms with Crippen molar-refractivity contribution >= 4 is 23.2 Å². The van der Waals surface area contributed by atoms with Gasteiger partial charge in [0.1, 0.15) is 5.75 Å². The second-order valence-electron chi connectivity index (χ2n) is 7.07. The van der Waals surface area contributed by atoms with E-state index in [1.54, 1.807) is 12.1 Å². The highest BCUT2D eigenvalue weighted by molar-refractivity contribution is 6.33. The molecule has 1 aromatic carbocycles. The number of carbonyl (C=O) groups is 1. The predicted octanol–water partition coefficient (Wildman–Crippen LogP) is 2.00. The molecule has 6 heteroatoms. The average molecular weight is 336 g/mol. The van der Waals surface area contributed by atoms with Crippen molar-refractivity contribution in [1.29, 1.82) is 0 Å². The van der Waals surface area contributed by atoms with Crippen molar-refractivity contribution in [1.82, 2.24) is 10.2 Å². The lowest BCUT2D eigenvalue weighted by Gasteiger charge is -2.30. The zero-order valence-corrected chi connectivity index (χ0v) is 14.0. The molecule has 5 unspecified atom stereocenters. The number of methoxy groups -OCH3 is 1. The minimum absolute atomic E-state index is 0.143. The van der Waals surface area contributed by atoms with Crippen LogP contribution >= 0.6 is 11.6 Å². The number of rotatable bonds is 4. The molecule has 5 nitrogen and oxygen atoms in total. The molecule has 1 amide bonds. The second-order valence-corrected chi connectivity index (χ2v) is 7.47. The van der Waals surface area contributed by atoms with Gasteiger partial charge in [-0.25, -0.2) is 0 Å². The van der Waals surface area contributed by atoms with Crippen LogP contribution in [0.4, 0.5) is 5.69 Å². The van der Waals surface area contributed by atoms with Crippen LogP contribution in [0.1, 0.15) is 23.2 Å². The van der Waals surface area contributed by atoms with Crippen molar-refractivity contribution in [3.8, 4) is 5.75 Å². The Bertz CT molecular complexity index is 647. The number of nitrogens with two attached hydrogens (primary N) is 1. The number of carbonyl (C=O) groups excluding carboxylic acids is 1. The molecule has 4 fully saturated rings. The number of nitrogens with zero attached hydrogens (tertiary/aromatic N) is 1. The van der Waals surface area contributed by atoms with E-state index in [2.05, 4.69) is 10.2 Å². The fourth-order valence-electron chi connectivity index (χ4n) is 4.81. The lowest BCUT2D eigenvalue weighted by molar-refractivity contribution is 0.0934. The summed E-state index contributed by atoms with van der Waals surface area (Å²) in [5.41, 5.74) is 6.63. The van der Waals surface area contributed by atoms with E-state index in [9.17, 15) is 4.79 Å². The van der Waals surface area contributed by atoms with E-state index in [0.717, 1.165) is 18.4 Å². The van der Waals surface area contributed by atoms with Crippen LogP contribution in [0.2, 0.25) is 5.02 Å². The maximum atomic E-state index is 12.6. The first-order valence-electron chi connectivity index (χ1n) is 8.22. The molecule has 124 valence electrons. The highest BCUT2D eigenvalue weighted by atomic mass is 35.5. The minimum Gasteiger partial charge on any atom is -0.496 e. The van der Waals surface area contributed by atoms with Crippen LogP contribution in [-0.4, -0.2) is 43.6 Å². The van der Waals surface area contributed by atoms with Gasteiger partial charge in [0, 0.05) is 31.7 Å². The number of anilines is 1. The third-order valence-corrected chi connectivity index (χ3v) is 6.13. The molecule has 4 bridgehead atoms. The molecule has 4 aliphatic rings. The summed E-state index contributed by atoms with van der Waals surface area (Å²) in [6.07, 6.45) is 2.62. The average Bonchev–Trinajstić information content (AvgIpc) is 2.95. The summed E-state index contributed by atoms with van der Waals surface area (Å²) in [6.45, 7) is 3.19. The smallest absolute Gasteiger partial charge is 0.255 e. The molecule has 0 aromatic heterocycles. The van der Waals surface area contributed by atoms with Crippen LogP contribution in [-0.2, 0) is 0 Å². The quantitative estimate of drug-likeness (QED) is 0.826. The van der Waals surface area contributed by atoms with Crippen LogP contribution in [0.5, 0.6) is 5.75 Å². The predicted molar refractivity (Wildman–Crippen MR) is 89.8 cm³/mol. The van der Waals surface area contributed by atoms with E-state index in [4.69, 9.17) is 22.1 Å². The number of hydrogen-bond acceptors (Lipinski definition) is 4. The molecule has 1 saturated carbocycles. The number of benzene rings is 1. The summed E-state index contributed by atoms with van der Waals surface area (Å²) in [5, 5.41) is 3.46. The standard InChI is InChI=1S/C17H22ClN3O2/c1-23-16-5-14(19)13(18)4-11(16)17(22)20-6-12-10-2-9-3-15(12)21(7-9)8-10/h4-5,9-10,12,15H,2-3,6-8,19H2,1H3,(H,20,22). The van der Waals surface area contributed by atoms with E-state index in [1.807, 2.05) is 0 Å². The lowest BCUT2D eigenvalue weighted by Crippen LogP contribution is -2.38. The molecule has 0 radical (unpaired) electrons. The van der Waals surface area contributed by atoms with E-state index >= 15 is 0 Å². The third kappa shape index (κ3) is 2.46.